The van der Waals surface area contributed by atoms with E-state index in [0.717, 1.165) is 57.6 Å². The van der Waals surface area contributed by atoms with Gasteiger partial charge in [-0.3, -0.25) is 19.4 Å². The molecule has 0 saturated carbocycles. The summed E-state index contributed by atoms with van der Waals surface area (Å²) < 4.78 is 5.50. The number of amides is 2. The van der Waals surface area contributed by atoms with Crippen molar-refractivity contribution in [2.24, 2.45) is 0 Å². The van der Waals surface area contributed by atoms with Crippen molar-refractivity contribution in [3.8, 4) is 5.75 Å². The molecular formula is C25H36N4O4. The molecule has 1 spiro atoms. The number of benzene rings is 1. The summed E-state index contributed by atoms with van der Waals surface area (Å²) in [5.74, 6) is 0.435. The van der Waals surface area contributed by atoms with Gasteiger partial charge in [-0.05, 0) is 45.2 Å². The predicted molar refractivity (Wildman–Crippen MR) is 124 cm³/mol. The maximum Gasteiger partial charge on any atom is 0.243 e. The average Bonchev–Trinajstić information content (AvgIpc) is 3.25. The molecule has 4 saturated heterocycles. The summed E-state index contributed by atoms with van der Waals surface area (Å²) in [6.07, 6.45) is 4.62. The molecule has 0 radical (unpaired) electrons. The van der Waals surface area contributed by atoms with Gasteiger partial charge in [-0.25, -0.2) is 0 Å². The zero-order chi connectivity index (χ0) is 23.0. The lowest BCUT2D eigenvalue weighted by molar-refractivity contribution is -0.135. The fourth-order valence-corrected chi connectivity index (χ4v) is 6.13. The molecule has 0 aliphatic carbocycles. The SMILES string of the molecule is CN(C1CCOCC1)[C@H]1C[C@H]2C(=O)NC3(CCN(Cc4ccccc4O)CC3)CC(=O)N2C1. The number of carbonyl (C=O) groups is 2. The number of para-hydroxylation sites is 1. The Morgan fingerprint density at radius 1 is 1.15 bits per heavy atom. The number of piperidine rings is 1. The molecule has 0 unspecified atom stereocenters. The Kier molecular flexibility index (Phi) is 6.33. The van der Waals surface area contributed by atoms with E-state index >= 15 is 0 Å². The molecule has 4 aliphatic rings. The molecule has 4 aliphatic heterocycles. The number of hydrogen-bond donors (Lipinski definition) is 2. The number of nitrogens with zero attached hydrogens (tertiary/aromatic N) is 3. The number of likely N-dealkylation sites (N-methyl/N-ethyl adjacent to an activating group) is 1. The van der Waals surface area contributed by atoms with Crippen LogP contribution in [0, 0.1) is 0 Å². The third-order valence-corrected chi connectivity index (χ3v) is 8.32. The van der Waals surface area contributed by atoms with E-state index < -0.39 is 5.54 Å². The number of fused-ring (bicyclic) bond motifs is 1. The Balaban J connectivity index is 1.21. The number of aromatic hydroxyl groups is 1. The zero-order valence-electron chi connectivity index (χ0n) is 19.5. The van der Waals surface area contributed by atoms with Gasteiger partial charge in [0.05, 0.1) is 12.0 Å². The smallest absolute Gasteiger partial charge is 0.243 e. The van der Waals surface area contributed by atoms with Crippen molar-refractivity contribution in [2.45, 2.75) is 68.7 Å². The first-order chi connectivity index (χ1) is 15.9. The van der Waals surface area contributed by atoms with Gasteiger partial charge in [0, 0.05) is 57.0 Å². The van der Waals surface area contributed by atoms with Gasteiger partial charge in [-0.1, -0.05) is 18.2 Å². The van der Waals surface area contributed by atoms with Crippen molar-refractivity contribution in [2.75, 3.05) is 39.9 Å². The molecule has 180 valence electrons. The Bertz CT molecular complexity index is 851. The van der Waals surface area contributed by atoms with Crippen molar-refractivity contribution in [1.29, 1.82) is 0 Å². The molecule has 1 aromatic carbocycles. The molecule has 5 rings (SSSR count). The second kappa shape index (κ2) is 9.24. The molecule has 33 heavy (non-hydrogen) atoms. The normalized spacial score (nSPS) is 28.7. The highest BCUT2D eigenvalue weighted by Crippen LogP contribution is 2.35. The van der Waals surface area contributed by atoms with Crippen molar-refractivity contribution in [1.82, 2.24) is 20.0 Å². The zero-order valence-corrected chi connectivity index (χ0v) is 19.5. The van der Waals surface area contributed by atoms with E-state index in [0.29, 0.717) is 37.7 Å². The molecule has 8 nitrogen and oxygen atoms in total. The molecular weight excluding hydrogens is 420 g/mol. The predicted octanol–water partition coefficient (Wildman–Crippen LogP) is 1.33. The van der Waals surface area contributed by atoms with E-state index in [1.165, 1.54) is 0 Å². The first-order valence-corrected chi connectivity index (χ1v) is 12.3. The lowest BCUT2D eigenvalue weighted by Gasteiger charge is -2.41. The molecule has 0 bridgehead atoms. The van der Waals surface area contributed by atoms with Crippen LogP contribution >= 0.6 is 0 Å². The van der Waals surface area contributed by atoms with Crippen LogP contribution in [0.2, 0.25) is 0 Å². The minimum absolute atomic E-state index is 0.0119. The van der Waals surface area contributed by atoms with Crippen LogP contribution in [0.4, 0.5) is 0 Å². The molecule has 2 atom stereocenters. The molecule has 4 heterocycles. The summed E-state index contributed by atoms with van der Waals surface area (Å²) in [4.78, 5) is 33.1. The van der Waals surface area contributed by atoms with Gasteiger partial charge in [0.1, 0.15) is 11.8 Å². The third kappa shape index (κ3) is 4.61. The Labute approximate surface area is 195 Å². The summed E-state index contributed by atoms with van der Waals surface area (Å²) in [5, 5.41) is 13.4. The summed E-state index contributed by atoms with van der Waals surface area (Å²) in [5.41, 5.74) is 0.463. The van der Waals surface area contributed by atoms with Crippen LogP contribution in [-0.2, 0) is 20.9 Å². The first-order valence-electron chi connectivity index (χ1n) is 12.3. The van der Waals surface area contributed by atoms with Gasteiger partial charge < -0.3 is 20.1 Å². The van der Waals surface area contributed by atoms with E-state index in [1.807, 2.05) is 23.1 Å². The summed E-state index contributed by atoms with van der Waals surface area (Å²) in [6.45, 7) is 4.48. The van der Waals surface area contributed by atoms with Crippen LogP contribution in [0.1, 0.15) is 44.1 Å². The van der Waals surface area contributed by atoms with Crippen molar-refractivity contribution in [3.63, 3.8) is 0 Å². The molecule has 1 aromatic rings. The average molecular weight is 457 g/mol. The number of hydrogen-bond acceptors (Lipinski definition) is 6. The van der Waals surface area contributed by atoms with E-state index in [9.17, 15) is 14.7 Å². The van der Waals surface area contributed by atoms with Crippen LogP contribution in [0.5, 0.6) is 5.75 Å². The molecule has 2 amide bonds. The van der Waals surface area contributed by atoms with Crippen molar-refractivity contribution >= 4 is 11.8 Å². The van der Waals surface area contributed by atoms with Gasteiger partial charge in [-0.15, -0.1) is 0 Å². The minimum atomic E-state index is -0.449. The fraction of sp³-hybridized carbons (Fsp3) is 0.680. The fourth-order valence-electron chi connectivity index (χ4n) is 6.13. The summed E-state index contributed by atoms with van der Waals surface area (Å²) in [6, 6.07) is 7.75. The van der Waals surface area contributed by atoms with E-state index in [-0.39, 0.29) is 23.9 Å². The van der Waals surface area contributed by atoms with Crippen molar-refractivity contribution < 1.29 is 19.4 Å². The third-order valence-electron chi connectivity index (χ3n) is 8.32. The van der Waals surface area contributed by atoms with E-state index in [1.54, 1.807) is 6.07 Å². The maximum atomic E-state index is 13.3. The maximum absolute atomic E-state index is 13.3. The monoisotopic (exact) mass is 456 g/mol. The Hall–Kier alpha value is -2.16. The number of phenolic OH excluding ortho intramolecular Hbond substituents is 1. The lowest BCUT2D eigenvalue weighted by atomic mass is 9.83. The van der Waals surface area contributed by atoms with Gasteiger partial charge in [-0.2, -0.15) is 0 Å². The minimum Gasteiger partial charge on any atom is -0.508 e. The van der Waals surface area contributed by atoms with Gasteiger partial charge in [0.15, 0.2) is 0 Å². The molecule has 2 N–H and O–H groups in total. The second-order valence-electron chi connectivity index (χ2n) is 10.3. The van der Waals surface area contributed by atoms with Crippen LogP contribution in [0.15, 0.2) is 24.3 Å². The number of phenols is 1. The molecule has 0 aromatic heterocycles. The van der Waals surface area contributed by atoms with Crippen molar-refractivity contribution in [3.05, 3.63) is 29.8 Å². The van der Waals surface area contributed by atoms with Crippen LogP contribution < -0.4 is 5.32 Å². The number of rotatable bonds is 4. The number of carbonyl (C=O) groups excluding carboxylic acids is 2. The number of ether oxygens (including phenoxy) is 1. The second-order valence-corrected chi connectivity index (χ2v) is 10.3. The highest BCUT2D eigenvalue weighted by molar-refractivity contribution is 5.92. The Morgan fingerprint density at radius 2 is 1.88 bits per heavy atom. The van der Waals surface area contributed by atoms with Gasteiger partial charge in [0.2, 0.25) is 11.8 Å². The number of likely N-dealkylation sites (tertiary alicyclic amines) is 1. The topological polar surface area (TPSA) is 85.4 Å². The van der Waals surface area contributed by atoms with Crippen LogP contribution in [0.25, 0.3) is 0 Å². The molecule has 4 fully saturated rings. The number of nitrogens with one attached hydrogen (secondary N) is 1. The van der Waals surface area contributed by atoms with E-state index in [2.05, 4.69) is 22.2 Å². The summed E-state index contributed by atoms with van der Waals surface area (Å²) in [7, 11) is 2.14. The largest absolute Gasteiger partial charge is 0.508 e. The van der Waals surface area contributed by atoms with Crippen LogP contribution in [0.3, 0.4) is 0 Å². The molecule has 8 heteroatoms. The lowest BCUT2D eigenvalue weighted by Crippen LogP contribution is -2.56. The quantitative estimate of drug-likeness (QED) is 0.711. The van der Waals surface area contributed by atoms with Gasteiger partial charge in [0.25, 0.3) is 0 Å². The highest BCUT2D eigenvalue weighted by Gasteiger charge is 2.49. The van der Waals surface area contributed by atoms with E-state index in [4.69, 9.17) is 4.74 Å². The van der Waals surface area contributed by atoms with Crippen LogP contribution in [-0.4, -0.2) is 95.2 Å². The standard InChI is InChI=1S/C25H36N4O4/c1-27(19-6-12-33-13-7-19)20-14-21-24(32)26-25(15-23(31)29(21)17-20)8-10-28(11-9-25)16-18-4-2-3-5-22(18)30/h2-5,19-21,30H,6-17H2,1H3,(H,26,32)/t20-,21-/m0/s1. The van der Waals surface area contributed by atoms with Gasteiger partial charge >= 0.3 is 0 Å². The highest BCUT2D eigenvalue weighted by atomic mass is 16.5. The first kappa shape index (κ1) is 22.6. The Morgan fingerprint density at radius 3 is 2.61 bits per heavy atom. The summed E-state index contributed by atoms with van der Waals surface area (Å²) >= 11 is 0.